The van der Waals surface area contributed by atoms with Gasteiger partial charge in [0.1, 0.15) is 0 Å². The predicted octanol–water partition coefficient (Wildman–Crippen LogP) is 2.73. The van der Waals surface area contributed by atoms with E-state index in [1.807, 2.05) is 19.9 Å². The maximum Gasteiger partial charge on any atom is 0.303 e. The van der Waals surface area contributed by atoms with Gasteiger partial charge in [-0.25, -0.2) is 0 Å². The number of nitrogens with one attached hydrogen (secondary N) is 1. The maximum atomic E-state index is 11.4. The lowest BCUT2D eigenvalue weighted by atomic mass is 9.81. The van der Waals surface area contributed by atoms with Gasteiger partial charge < -0.3 is 16.2 Å². The number of benzene rings is 1. The summed E-state index contributed by atoms with van der Waals surface area (Å²) in [6, 6.07) is 3.19. The highest BCUT2D eigenvalue weighted by atomic mass is 35.5. The smallest absolute Gasteiger partial charge is 0.303 e. The summed E-state index contributed by atoms with van der Waals surface area (Å²) >= 11 is 6.24. The number of carboxylic acids is 1. The van der Waals surface area contributed by atoms with Crippen molar-refractivity contribution in [3.63, 3.8) is 0 Å². The molecule has 0 saturated heterocycles. The van der Waals surface area contributed by atoms with Crippen molar-refractivity contribution >= 4 is 29.2 Å². The number of anilines is 1. The van der Waals surface area contributed by atoms with Crippen LogP contribution in [0.2, 0.25) is 5.02 Å². The van der Waals surface area contributed by atoms with Crippen molar-refractivity contribution in [2.75, 3.05) is 5.32 Å². The van der Waals surface area contributed by atoms with Crippen LogP contribution < -0.4 is 11.1 Å². The molecule has 0 aromatic heterocycles. The Morgan fingerprint density at radius 2 is 2.19 bits per heavy atom. The number of carbonyl (C=O) groups excluding carboxylic acids is 1. The normalized spacial score (nSPS) is 15.5. The summed E-state index contributed by atoms with van der Waals surface area (Å²) in [5.74, 6) is -0.903. The first kappa shape index (κ1) is 15.8. The van der Waals surface area contributed by atoms with Crippen molar-refractivity contribution in [3.05, 3.63) is 28.3 Å². The molecule has 0 radical (unpaired) electrons. The van der Waals surface area contributed by atoms with E-state index in [-0.39, 0.29) is 18.4 Å². The highest BCUT2D eigenvalue weighted by molar-refractivity contribution is 6.32. The summed E-state index contributed by atoms with van der Waals surface area (Å²) < 4.78 is 0. The Morgan fingerprint density at radius 1 is 1.52 bits per heavy atom. The second kappa shape index (κ2) is 5.66. The third-order valence-corrected chi connectivity index (χ3v) is 3.98. The molecule has 4 N–H and O–H groups in total. The number of carbonyl (C=O) groups is 2. The fourth-order valence-electron chi connectivity index (χ4n) is 2.74. The maximum absolute atomic E-state index is 11.4. The first-order valence-electron chi connectivity index (χ1n) is 6.77. The van der Waals surface area contributed by atoms with Gasteiger partial charge in [-0.3, -0.25) is 9.59 Å². The van der Waals surface area contributed by atoms with Crippen LogP contribution in [0.1, 0.15) is 43.9 Å². The van der Waals surface area contributed by atoms with Gasteiger partial charge in [0, 0.05) is 16.8 Å². The number of aliphatic carboxylic acids is 1. The minimum atomic E-state index is -0.845. The van der Waals surface area contributed by atoms with E-state index >= 15 is 0 Å². The average molecular weight is 311 g/mol. The minimum absolute atomic E-state index is 0.0449. The van der Waals surface area contributed by atoms with Gasteiger partial charge in [-0.15, -0.1) is 0 Å². The average Bonchev–Trinajstić information content (AvgIpc) is 2.64. The van der Waals surface area contributed by atoms with Crippen molar-refractivity contribution in [1.29, 1.82) is 0 Å². The Balaban J connectivity index is 2.20. The second-order valence-electron chi connectivity index (χ2n) is 6.30. The van der Waals surface area contributed by atoms with E-state index in [9.17, 15) is 9.59 Å². The molecule has 1 aromatic rings. The van der Waals surface area contributed by atoms with Gasteiger partial charge in [0.2, 0.25) is 5.91 Å². The zero-order valence-electron chi connectivity index (χ0n) is 12.1. The molecule has 21 heavy (non-hydrogen) atoms. The largest absolute Gasteiger partial charge is 0.481 e. The van der Waals surface area contributed by atoms with Gasteiger partial charge in [-0.2, -0.15) is 0 Å². The molecule has 0 saturated carbocycles. The van der Waals surface area contributed by atoms with Crippen molar-refractivity contribution < 1.29 is 14.7 Å². The molecule has 1 aromatic carbocycles. The number of hydrogen-bond donors (Lipinski definition) is 3. The van der Waals surface area contributed by atoms with E-state index in [0.29, 0.717) is 17.9 Å². The Morgan fingerprint density at radius 3 is 2.81 bits per heavy atom. The molecule has 1 aliphatic heterocycles. The molecule has 1 atom stereocenters. The number of hydrogen-bond acceptors (Lipinski definition) is 3. The van der Waals surface area contributed by atoms with Crippen LogP contribution in [0, 0.1) is 5.41 Å². The Kier molecular flexibility index (Phi) is 4.25. The molecule has 1 aliphatic rings. The van der Waals surface area contributed by atoms with Crippen LogP contribution in [0.4, 0.5) is 5.69 Å². The summed E-state index contributed by atoms with van der Waals surface area (Å²) in [6.45, 7) is 3.74. The molecule has 0 fully saturated rings. The lowest BCUT2D eigenvalue weighted by Gasteiger charge is -2.27. The summed E-state index contributed by atoms with van der Waals surface area (Å²) in [5, 5.41) is 12.2. The van der Waals surface area contributed by atoms with Crippen LogP contribution in [-0.2, 0) is 16.0 Å². The highest BCUT2D eigenvalue weighted by Crippen LogP contribution is 2.37. The Labute approximate surface area is 128 Å². The minimum Gasteiger partial charge on any atom is -0.481 e. The number of fused-ring (bicyclic) bond motifs is 1. The van der Waals surface area contributed by atoms with Crippen LogP contribution in [0.5, 0.6) is 0 Å². The molecule has 1 heterocycles. The molecule has 0 aliphatic carbocycles. The fraction of sp³-hybridized carbons (Fsp3) is 0.467. The second-order valence-corrected chi connectivity index (χ2v) is 6.71. The van der Waals surface area contributed by atoms with E-state index in [4.69, 9.17) is 22.4 Å². The molecule has 6 heteroatoms. The Bertz CT molecular complexity index is 599. The first-order valence-corrected chi connectivity index (χ1v) is 7.15. The zero-order chi connectivity index (χ0) is 15.8. The van der Waals surface area contributed by atoms with E-state index in [1.165, 1.54) is 0 Å². The van der Waals surface area contributed by atoms with Crippen LogP contribution in [0.25, 0.3) is 0 Å². The molecule has 1 amide bonds. The quantitative estimate of drug-likeness (QED) is 0.779. The summed E-state index contributed by atoms with van der Waals surface area (Å²) in [4.78, 5) is 22.3. The van der Waals surface area contributed by atoms with Gasteiger partial charge in [-0.05, 0) is 29.0 Å². The van der Waals surface area contributed by atoms with Crippen LogP contribution >= 0.6 is 11.6 Å². The lowest BCUT2D eigenvalue weighted by Crippen LogP contribution is -2.24. The van der Waals surface area contributed by atoms with Crippen LogP contribution in [0.15, 0.2) is 12.1 Å². The summed E-state index contributed by atoms with van der Waals surface area (Å²) in [5.41, 5.74) is 8.14. The predicted molar refractivity (Wildman–Crippen MR) is 81.4 cm³/mol. The number of halogens is 1. The molecular weight excluding hydrogens is 292 g/mol. The Hall–Kier alpha value is -1.59. The van der Waals surface area contributed by atoms with E-state index in [0.717, 1.165) is 16.8 Å². The standard InChI is InChI=1S/C15H19ClN2O3/c1-15(2,7-14(20)21)6-11(17)9-3-8-4-13(19)18-12(8)5-10(9)16/h3,5,11H,4,6-7,17H2,1-2H3,(H,18,19)(H,20,21). The SMILES string of the molecule is CC(C)(CC(=O)O)CC(N)c1cc2c(cc1Cl)NC(=O)C2. The number of rotatable bonds is 5. The number of carboxylic acid groups (broad SMARTS) is 1. The summed E-state index contributed by atoms with van der Waals surface area (Å²) in [6.07, 6.45) is 0.868. The summed E-state index contributed by atoms with van der Waals surface area (Å²) in [7, 11) is 0. The molecule has 0 bridgehead atoms. The molecule has 114 valence electrons. The van der Waals surface area contributed by atoms with Crippen molar-refractivity contribution in [2.45, 2.75) is 39.2 Å². The van der Waals surface area contributed by atoms with E-state index < -0.39 is 11.4 Å². The monoisotopic (exact) mass is 310 g/mol. The van der Waals surface area contributed by atoms with Gasteiger partial charge >= 0.3 is 5.97 Å². The molecule has 0 spiro atoms. The zero-order valence-corrected chi connectivity index (χ0v) is 12.8. The van der Waals surface area contributed by atoms with Crippen LogP contribution in [-0.4, -0.2) is 17.0 Å². The van der Waals surface area contributed by atoms with Gasteiger partial charge in [-0.1, -0.05) is 31.5 Å². The molecule has 1 unspecified atom stereocenters. The topological polar surface area (TPSA) is 92.4 Å². The fourth-order valence-corrected chi connectivity index (χ4v) is 3.04. The first-order chi connectivity index (χ1) is 9.68. The molecule has 2 rings (SSSR count). The lowest BCUT2D eigenvalue weighted by molar-refractivity contribution is -0.139. The van der Waals surface area contributed by atoms with Gasteiger partial charge in [0.25, 0.3) is 0 Å². The van der Waals surface area contributed by atoms with Crippen LogP contribution in [0.3, 0.4) is 0 Å². The van der Waals surface area contributed by atoms with Crippen molar-refractivity contribution in [1.82, 2.24) is 0 Å². The van der Waals surface area contributed by atoms with Gasteiger partial charge in [0.15, 0.2) is 0 Å². The highest BCUT2D eigenvalue weighted by Gasteiger charge is 2.28. The van der Waals surface area contributed by atoms with Gasteiger partial charge in [0.05, 0.1) is 12.8 Å². The third kappa shape index (κ3) is 3.74. The number of nitrogens with two attached hydrogens (primary N) is 1. The molecular formula is C15H19ClN2O3. The van der Waals surface area contributed by atoms with Crippen molar-refractivity contribution in [3.8, 4) is 0 Å². The van der Waals surface area contributed by atoms with E-state index in [2.05, 4.69) is 5.32 Å². The van der Waals surface area contributed by atoms with Crippen molar-refractivity contribution in [2.24, 2.45) is 11.1 Å². The van der Waals surface area contributed by atoms with E-state index in [1.54, 1.807) is 6.07 Å². The number of amides is 1. The molecule has 5 nitrogen and oxygen atoms in total. The third-order valence-electron chi connectivity index (χ3n) is 3.65.